The van der Waals surface area contributed by atoms with E-state index in [1.165, 1.54) is 0 Å². The van der Waals surface area contributed by atoms with Crippen molar-refractivity contribution >= 4 is 22.8 Å². The summed E-state index contributed by atoms with van der Waals surface area (Å²) in [5, 5.41) is -0.281. The van der Waals surface area contributed by atoms with Crippen LogP contribution in [0.1, 0.15) is 31.2 Å². The maximum atomic E-state index is 11.9. The Morgan fingerprint density at radius 1 is 1.05 bits per heavy atom. The molecule has 0 radical (unpaired) electrons. The molecule has 0 heterocycles. The maximum absolute atomic E-state index is 11.9. The zero-order valence-corrected chi connectivity index (χ0v) is 11.4. The summed E-state index contributed by atoms with van der Waals surface area (Å²) >= 11 is 5.47. The molecule has 0 bridgehead atoms. The number of rotatable bonds is 4. The number of ether oxygens (including phenoxy) is 1. The van der Waals surface area contributed by atoms with Crippen molar-refractivity contribution in [1.29, 1.82) is 0 Å². The Hall–Kier alpha value is -1.35. The molecule has 0 aromatic heterocycles. The van der Waals surface area contributed by atoms with E-state index in [2.05, 4.69) is 0 Å². The minimum Gasteiger partial charge on any atom is -0.461 e. The van der Waals surface area contributed by atoms with Crippen molar-refractivity contribution in [1.82, 2.24) is 0 Å². The van der Waals surface area contributed by atoms with E-state index in [1.807, 2.05) is 30.3 Å². The first-order valence-corrected chi connectivity index (χ1v) is 6.94. The molecule has 0 N–H and O–H groups in total. The summed E-state index contributed by atoms with van der Waals surface area (Å²) in [5.41, 5.74) is 0.987. The second kappa shape index (κ2) is 6.71. The predicted octanol–water partition coefficient (Wildman–Crippen LogP) is 3.30. The van der Waals surface area contributed by atoms with Gasteiger partial charge in [-0.25, -0.2) is 0 Å². The smallest absolute Gasteiger partial charge is 0.309 e. The molecule has 1 aromatic carbocycles. The molecule has 0 amide bonds. The zero-order chi connectivity index (χ0) is 13.7. The first kappa shape index (κ1) is 14.1. The lowest BCUT2D eigenvalue weighted by Crippen LogP contribution is -2.25. The average Bonchev–Trinajstić information content (AvgIpc) is 2.46. The summed E-state index contributed by atoms with van der Waals surface area (Å²) in [6.45, 7) is 0.314. The number of carbonyl (C=O) groups is 2. The molecule has 0 atom stereocenters. The summed E-state index contributed by atoms with van der Waals surface area (Å²) < 4.78 is 5.31. The van der Waals surface area contributed by atoms with Crippen LogP contribution in [0.25, 0.3) is 0 Å². The standard InChI is InChI=1S/C15H17ClO3/c16-14(17)12-6-8-13(9-7-12)15(18)19-10-11-4-2-1-3-5-11/h1-5,12-13H,6-10H2. The minimum absolute atomic E-state index is 0.0835. The van der Waals surface area contributed by atoms with E-state index in [4.69, 9.17) is 16.3 Å². The highest BCUT2D eigenvalue weighted by Gasteiger charge is 2.29. The van der Waals surface area contributed by atoms with E-state index < -0.39 is 0 Å². The lowest BCUT2D eigenvalue weighted by atomic mass is 9.83. The van der Waals surface area contributed by atoms with Gasteiger partial charge in [-0.3, -0.25) is 9.59 Å². The lowest BCUT2D eigenvalue weighted by molar-refractivity contribution is -0.151. The normalized spacial score (nSPS) is 22.8. The number of hydrogen-bond acceptors (Lipinski definition) is 3. The van der Waals surface area contributed by atoms with Crippen LogP contribution in [0.3, 0.4) is 0 Å². The number of carbonyl (C=O) groups excluding carboxylic acids is 2. The zero-order valence-electron chi connectivity index (χ0n) is 10.7. The van der Waals surface area contributed by atoms with E-state index in [9.17, 15) is 9.59 Å². The predicted molar refractivity (Wildman–Crippen MR) is 72.5 cm³/mol. The van der Waals surface area contributed by atoms with Crippen LogP contribution in [-0.2, 0) is 20.9 Å². The van der Waals surface area contributed by atoms with E-state index >= 15 is 0 Å². The fourth-order valence-electron chi connectivity index (χ4n) is 2.40. The SMILES string of the molecule is O=C(Cl)C1CCC(C(=O)OCc2ccccc2)CC1. The Morgan fingerprint density at radius 3 is 2.21 bits per heavy atom. The molecule has 0 spiro atoms. The Labute approximate surface area is 117 Å². The third kappa shape index (κ3) is 4.06. The highest BCUT2D eigenvalue weighted by Crippen LogP contribution is 2.31. The molecule has 1 saturated carbocycles. The molecule has 1 fully saturated rings. The van der Waals surface area contributed by atoms with Gasteiger partial charge in [0.2, 0.25) is 5.24 Å². The van der Waals surface area contributed by atoms with Gasteiger partial charge in [-0.05, 0) is 42.8 Å². The van der Waals surface area contributed by atoms with Gasteiger partial charge in [-0.2, -0.15) is 0 Å². The third-order valence-electron chi connectivity index (χ3n) is 3.61. The highest BCUT2D eigenvalue weighted by molar-refractivity contribution is 6.63. The van der Waals surface area contributed by atoms with Gasteiger partial charge in [0.25, 0.3) is 0 Å². The Kier molecular flexibility index (Phi) is 4.97. The molecule has 2 rings (SSSR count). The van der Waals surface area contributed by atoms with Gasteiger partial charge in [-0.1, -0.05) is 30.3 Å². The molecular weight excluding hydrogens is 264 g/mol. The first-order valence-electron chi connectivity index (χ1n) is 6.56. The van der Waals surface area contributed by atoms with Crippen molar-refractivity contribution in [2.45, 2.75) is 32.3 Å². The third-order valence-corrected chi connectivity index (χ3v) is 3.91. The Morgan fingerprint density at radius 2 is 1.63 bits per heavy atom. The molecule has 1 aliphatic carbocycles. The second-order valence-electron chi connectivity index (χ2n) is 4.95. The molecule has 0 unspecified atom stereocenters. The van der Waals surface area contributed by atoms with Crippen molar-refractivity contribution in [3.05, 3.63) is 35.9 Å². The monoisotopic (exact) mass is 280 g/mol. The molecule has 19 heavy (non-hydrogen) atoms. The van der Waals surface area contributed by atoms with Gasteiger partial charge in [0.1, 0.15) is 6.61 Å². The van der Waals surface area contributed by atoms with Crippen molar-refractivity contribution in [3.8, 4) is 0 Å². The lowest BCUT2D eigenvalue weighted by Gasteiger charge is -2.24. The molecular formula is C15H17ClO3. The number of hydrogen-bond donors (Lipinski definition) is 0. The van der Waals surface area contributed by atoms with Crippen LogP contribution < -0.4 is 0 Å². The van der Waals surface area contributed by atoms with Crippen LogP contribution in [0.4, 0.5) is 0 Å². The second-order valence-corrected chi connectivity index (χ2v) is 5.32. The van der Waals surface area contributed by atoms with E-state index in [-0.39, 0.29) is 23.0 Å². The summed E-state index contributed by atoms with van der Waals surface area (Å²) in [6.07, 6.45) is 2.76. The van der Waals surface area contributed by atoms with Crippen molar-refractivity contribution < 1.29 is 14.3 Å². The molecule has 102 valence electrons. The first-order chi connectivity index (χ1) is 9.16. The van der Waals surface area contributed by atoms with Crippen LogP contribution in [0.2, 0.25) is 0 Å². The van der Waals surface area contributed by atoms with Crippen LogP contribution in [-0.4, -0.2) is 11.2 Å². The quantitative estimate of drug-likeness (QED) is 0.628. The Balaban J connectivity index is 1.77. The highest BCUT2D eigenvalue weighted by atomic mass is 35.5. The topological polar surface area (TPSA) is 43.4 Å². The van der Waals surface area contributed by atoms with Crippen molar-refractivity contribution in [3.63, 3.8) is 0 Å². The van der Waals surface area contributed by atoms with Gasteiger partial charge < -0.3 is 4.74 Å². The fraction of sp³-hybridized carbons (Fsp3) is 0.467. The van der Waals surface area contributed by atoms with Crippen LogP contribution in [0.15, 0.2) is 30.3 Å². The van der Waals surface area contributed by atoms with Gasteiger partial charge >= 0.3 is 5.97 Å². The average molecular weight is 281 g/mol. The van der Waals surface area contributed by atoms with E-state index in [0.29, 0.717) is 32.3 Å². The van der Waals surface area contributed by atoms with Gasteiger partial charge in [0, 0.05) is 5.92 Å². The minimum atomic E-state index is -0.281. The molecule has 1 aromatic rings. The van der Waals surface area contributed by atoms with Gasteiger partial charge in [0.15, 0.2) is 0 Å². The summed E-state index contributed by atoms with van der Waals surface area (Å²) in [4.78, 5) is 22.9. The molecule has 3 nitrogen and oxygen atoms in total. The van der Waals surface area contributed by atoms with Gasteiger partial charge in [-0.15, -0.1) is 0 Å². The van der Waals surface area contributed by atoms with Crippen LogP contribution in [0.5, 0.6) is 0 Å². The maximum Gasteiger partial charge on any atom is 0.309 e. The largest absolute Gasteiger partial charge is 0.461 e. The van der Waals surface area contributed by atoms with Crippen molar-refractivity contribution in [2.24, 2.45) is 11.8 Å². The van der Waals surface area contributed by atoms with Gasteiger partial charge in [0.05, 0.1) is 5.92 Å². The molecule has 0 aliphatic heterocycles. The molecule has 4 heteroatoms. The number of esters is 1. The summed E-state index contributed by atoms with van der Waals surface area (Å²) in [5.74, 6) is -0.333. The molecule has 1 aliphatic rings. The van der Waals surface area contributed by atoms with E-state index in [0.717, 1.165) is 5.56 Å². The summed E-state index contributed by atoms with van der Waals surface area (Å²) in [7, 11) is 0. The van der Waals surface area contributed by atoms with Crippen LogP contribution in [0, 0.1) is 11.8 Å². The van der Waals surface area contributed by atoms with Crippen LogP contribution >= 0.6 is 11.6 Å². The molecule has 0 saturated heterocycles. The number of benzene rings is 1. The Bertz CT molecular complexity index is 436. The van der Waals surface area contributed by atoms with E-state index in [1.54, 1.807) is 0 Å². The summed E-state index contributed by atoms with van der Waals surface area (Å²) in [6, 6.07) is 9.61. The fourth-order valence-corrected chi connectivity index (χ4v) is 2.62. The number of halogens is 1. The van der Waals surface area contributed by atoms with Crippen molar-refractivity contribution in [2.75, 3.05) is 0 Å².